The molecule has 160 valence electrons. The van der Waals surface area contributed by atoms with Crippen molar-refractivity contribution in [3.63, 3.8) is 0 Å². The molecule has 1 saturated heterocycles. The molecular formula is C25H20BrClN4S. The van der Waals surface area contributed by atoms with E-state index in [9.17, 15) is 0 Å². The van der Waals surface area contributed by atoms with Crippen LogP contribution in [0.1, 0.15) is 29.0 Å². The van der Waals surface area contributed by atoms with E-state index in [0.717, 1.165) is 37.8 Å². The number of aromatic nitrogens is 2. The van der Waals surface area contributed by atoms with Gasteiger partial charge >= 0.3 is 0 Å². The number of anilines is 1. The number of benzene rings is 2. The minimum atomic E-state index is -0.102. The van der Waals surface area contributed by atoms with Gasteiger partial charge in [-0.3, -0.25) is 4.98 Å². The van der Waals surface area contributed by atoms with Crippen LogP contribution in [0.2, 0.25) is 5.02 Å². The summed E-state index contributed by atoms with van der Waals surface area (Å²) >= 11 is 15.7. The van der Waals surface area contributed by atoms with E-state index in [1.54, 1.807) is 0 Å². The third-order valence-electron chi connectivity index (χ3n) is 5.71. The maximum absolute atomic E-state index is 6.29. The number of nitrogens with zero attached hydrogens (tertiary/aromatic N) is 3. The molecule has 0 bridgehead atoms. The summed E-state index contributed by atoms with van der Waals surface area (Å²) in [5.41, 5.74) is 5.17. The van der Waals surface area contributed by atoms with Crippen molar-refractivity contribution in [3.8, 4) is 5.69 Å². The average molecular weight is 524 g/mol. The van der Waals surface area contributed by atoms with E-state index in [4.69, 9.17) is 23.8 Å². The van der Waals surface area contributed by atoms with Gasteiger partial charge in [0.25, 0.3) is 0 Å². The molecule has 2 aromatic carbocycles. The van der Waals surface area contributed by atoms with E-state index in [2.05, 4.69) is 72.2 Å². The zero-order valence-corrected chi connectivity index (χ0v) is 20.4. The van der Waals surface area contributed by atoms with E-state index in [-0.39, 0.29) is 12.1 Å². The van der Waals surface area contributed by atoms with Crippen molar-refractivity contribution < 1.29 is 0 Å². The summed E-state index contributed by atoms with van der Waals surface area (Å²) in [6.07, 6.45) is 3.90. The summed E-state index contributed by atoms with van der Waals surface area (Å²) in [5, 5.41) is 4.95. The zero-order chi connectivity index (χ0) is 22.2. The second-order valence-electron chi connectivity index (χ2n) is 7.71. The Morgan fingerprint density at radius 3 is 2.50 bits per heavy atom. The summed E-state index contributed by atoms with van der Waals surface area (Å²) in [7, 11) is 0. The van der Waals surface area contributed by atoms with E-state index in [0.29, 0.717) is 5.11 Å². The molecule has 1 fully saturated rings. The second kappa shape index (κ2) is 8.70. The molecule has 7 heteroatoms. The van der Waals surface area contributed by atoms with Crippen LogP contribution in [0.5, 0.6) is 0 Å². The number of aryl methyl sites for hydroxylation is 1. The second-order valence-corrected chi connectivity index (χ2v) is 9.42. The fourth-order valence-electron chi connectivity index (χ4n) is 4.18. The maximum atomic E-state index is 6.29. The third-order valence-corrected chi connectivity index (χ3v) is 6.97. The number of halogens is 2. The first-order valence-corrected chi connectivity index (χ1v) is 11.8. The highest BCUT2D eigenvalue weighted by atomic mass is 79.9. The molecule has 3 heterocycles. The van der Waals surface area contributed by atoms with Crippen molar-refractivity contribution in [1.82, 2.24) is 14.9 Å². The summed E-state index contributed by atoms with van der Waals surface area (Å²) in [6.45, 7) is 2.02. The molecule has 0 aliphatic carbocycles. The Morgan fingerprint density at radius 2 is 1.78 bits per heavy atom. The van der Waals surface area contributed by atoms with E-state index in [1.165, 1.54) is 0 Å². The van der Waals surface area contributed by atoms with E-state index < -0.39 is 0 Å². The predicted octanol–water partition coefficient (Wildman–Crippen LogP) is 6.77. The fraction of sp³-hybridized carbons (Fsp3) is 0.120. The van der Waals surface area contributed by atoms with Crippen LogP contribution < -0.4 is 10.2 Å². The fourth-order valence-corrected chi connectivity index (χ4v) is 4.91. The average Bonchev–Trinajstić information content (AvgIpc) is 3.41. The quantitative estimate of drug-likeness (QED) is 0.299. The lowest BCUT2D eigenvalue weighted by Gasteiger charge is -2.29. The van der Waals surface area contributed by atoms with Gasteiger partial charge in [0.15, 0.2) is 5.11 Å². The molecule has 2 atom stereocenters. The Kier molecular flexibility index (Phi) is 5.76. The van der Waals surface area contributed by atoms with Crippen molar-refractivity contribution in [2.75, 3.05) is 4.90 Å². The Bertz CT molecular complexity index is 1270. The van der Waals surface area contributed by atoms with Crippen LogP contribution in [0.3, 0.4) is 0 Å². The van der Waals surface area contributed by atoms with Crippen molar-refractivity contribution in [3.05, 3.63) is 112 Å². The normalized spacial score (nSPS) is 18.1. The van der Waals surface area contributed by atoms with E-state index >= 15 is 0 Å². The molecule has 2 aromatic heterocycles. The van der Waals surface area contributed by atoms with Gasteiger partial charge in [0.1, 0.15) is 6.04 Å². The number of nitrogens with one attached hydrogen (secondary N) is 1. The first kappa shape index (κ1) is 21.2. The molecule has 32 heavy (non-hydrogen) atoms. The van der Waals surface area contributed by atoms with Gasteiger partial charge in [-0.15, -0.1) is 0 Å². The van der Waals surface area contributed by atoms with Gasteiger partial charge < -0.3 is 14.8 Å². The maximum Gasteiger partial charge on any atom is 0.174 e. The number of rotatable bonds is 4. The summed E-state index contributed by atoms with van der Waals surface area (Å²) in [6, 6.07) is 24.3. The highest BCUT2D eigenvalue weighted by molar-refractivity contribution is 9.10. The van der Waals surface area contributed by atoms with Crippen LogP contribution >= 0.6 is 39.7 Å². The minimum Gasteiger partial charge on any atom is -0.351 e. The molecule has 1 aliphatic heterocycles. The van der Waals surface area contributed by atoms with Crippen LogP contribution in [0, 0.1) is 6.92 Å². The number of hydrogen-bond acceptors (Lipinski definition) is 2. The molecule has 4 aromatic rings. The van der Waals surface area contributed by atoms with Gasteiger partial charge in [-0.2, -0.15) is 0 Å². The number of thiocarbonyl (C=S) groups is 1. The summed E-state index contributed by atoms with van der Waals surface area (Å²) in [5.74, 6) is 0. The number of pyridine rings is 1. The lowest BCUT2D eigenvalue weighted by Crippen LogP contribution is -2.30. The van der Waals surface area contributed by atoms with Crippen molar-refractivity contribution in [1.29, 1.82) is 0 Å². The van der Waals surface area contributed by atoms with Crippen LogP contribution in [-0.2, 0) is 0 Å². The first-order valence-electron chi connectivity index (χ1n) is 10.2. The first-order chi connectivity index (χ1) is 15.5. The Hall–Kier alpha value is -2.67. The van der Waals surface area contributed by atoms with Crippen LogP contribution in [-0.4, -0.2) is 14.7 Å². The standard InChI is InChI=1S/C25H20BrClN4S/c1-16-15-19(11-12-20(16)27)30-14-4-6-22(30)24-23(21-5-2-3-13-28-21)29-25(32)31(24)18-9-7-17(26)8-10-18/h2-15,23-24H,1H3,(H,29,32)/t23-,24+/m1/s1. The Morgan fingerprint density at radius 1 is 1.00 bits per heavy atom. The third kappa shape index (κ3) is 3.83. The molecule has 0 radical (unpaired) electrons. The van der Waals surface area contributed by atoms with Crippen molar-refractivity contribution >= 4 is 50.5 Å². The highest BCUT2D eigenvalue weighted by Gasteiger charge is 2.42. The predicted molar refractivity (Wildman–Crippen MR) is 138 cm³/mol. The zero-order valence-electron chi connectivity index (χ0n) is 17.2. The molecule has 4 nitrogen and oxygen atoms in total. The summed E-state index contributed by atoms with van der Waals surface area (Å²) < 4.78 is 3.22. The number of hydrogen-bond donors (Lipinski definition) is 1. The van der Waals surface area contributed by atoms with Crippen molar-refractivity contribution in [2.45, 2.75) is 19.0 Å². The van der Waals surface area contributed by atoms with Crippen LogP contribution in [0.15, 0.2) is 89.7 Å². The van der Waals surface area contributed by atoms with Gasteiger partial charge in [0.05, 0.1) is 11.7 Å². The SMILES string of the molecule is Cc1cc(-n2cccc2[C@H]2[C@@H](c3ccccn3)NC(=S)N2c2ccc(Br)cc2)ccc1Cl. The molecule has 1 N–H and O–H groups in total. The van der Waals surface area contributed by atoms with Gasteiger partial charge in [-0.1, -0.05) is 33.6 Å². The van der Waals surface area contributed by atoms with Crippen LogP contribution in [0.25, 0.3) is 5.69 Å². The molecule has 0 spiro atoms. The van der Waals surface area contributed by atoms with Gasteiger partial charge in [-0.25, -0.2) is 0 Å². The smallest absolute Gasteiger partial charge is 0.174 e. The van der Waals surface area contributed by atoms with Gasteiger partial charge in [-0.05, 0) is 91.4 Å². The molecule has 0 unspecified atom stereocenters. The molecule has 0 saturated carbocycles. The van der Waals surface area contributed by atoms with Gasteiger partial charge in [0.2, 0.25) is 0 Å². The summed E-state index contributed by atoms with van der Waals surface area (Å²) in [4.78, 5) is 6.82. The molecule has 0 amide bonds. The Labute approximate surface area is 206 Å². The highest BCUT2D eigenvalue weighted by Crippen LogP contribution is 2.42. The monoisotopic (exact) mass is 522 g/mol. The lowest BCUT2D eigenvalue weighted by atomic mass is 10.0. The van der Waals surface area contributed by atoms with Crippen molar-refractivity contribution in [2.24, 2.45) is 0 Å². The lowest BCUT2D eigenvalue weighted by molar-refractivity contribution is 0.549. The van der Waals surface area contributed by atoms with Gasteiger partial charge in [0, 0.05) is 39.0 Å². The molecular weight excluding hydrogens is 504 g/mol. The minimum absolute atomic E-state index is 0.0930. The molecule has 5 rings (SSSR count). The Balaban J connectivity index is 1.67. The van der Waals surface area contributed by atoms with Crippen LogP contribution in [0.4, 0.5) is 5.69 Å². The van der Waals surface area contributed by atoms with E-state index in [1.807, 2.05) is 55.6 Å². The topological polar surface area (TPSA) is 33.1 Å². The largest absolute Gasteiger partial charge is 0.351 e. The molecule has 1 aliphatic rings.